The van der Waals surface area contributed by atoms with Crippen molar-refractivity contribution in [3.63, 3.8) is 0 Å². The fraction of sp³-hybridized carbons (Fsp3) is 0.211. The Kier molecular flexibility index (Phi) is 5.23. The Labute approximate surface area is 156 Å². The smallest absolute Gasteiger partial charge is 0.254 e. The zero-order valence-electron chi connectivity index (χ0n) is 14.2. The van der Waals surface area contributed by atoms with E-state index in [0.29, 0.717) is 22.8 Å². The number of para-hydroxylation sites is 1. The molecule has 6 nitrogen and oxygen atoms in total. The van der Waals surface area contributed by atoms with Gasteiger partial charge in [-0.05, 0) is 36.8 Å². The summed E-state index contributed by atoms with van der Waals surface area (Å²) in [5, 5.41) is 6.00. The van der Waals surface area contributed by atoms with Crippen LogP contribution < -0.4 is 15.5 Å². The van der Waals surface area contributed by atoms with Crippen LogP contribution in [0.5, 0.6) is 0 Å². The number of nitrogens with zero attached hydrogens (tertiary/aromatic N) is 1. The van der Waals surface area contributed by atoms with Gasteiger partial charge in [0.15, 0.2) is 0 Å². The molecule has 2 N–H and O–H groups in total. The average Bonchev–Trinajstić information content (AvgIpc) is 2.71. The first kappa shape index (κ1) is 17.9. The van der Waals surface area contributed by atoms with Crippen LogP contribution in [0.4, 0.5) is 5.69 Å². The topological polar surface area (TPSA) is 78.5 Å². The molecule has 0 aromatic heterocycles. The Morgan fingerprint density at radius 2 is 1.96 bits per heavy atom. The highest BCUT2D eigenvalue weighted by molar-refractivity contribution is 6.30. The Bertz CT molecular complexity index is 869. The summed E-state index contributed by atoms with van der Waals surface area (Å²) < 4.78 is 0. The molecule has 0 bridgehead atoms. The number of benzene rings is 2. The van der Waals surface area contributed by atoms with Crippen molar-refractivity contribution in [1.82, 2.24) is 10.6 Å². The number of rotatable bonds is 4. The highest BCUT2D eigenvalue weighted by atomic mass is 35.5. The van der Waals surface area contributed by atoms with Gasteiger partial charge in [-0.3, -0.25) is 14.4 Å². The largest absolute Gasteiger partial charge is 0.350 e. The van der Waals surface area contributed by atoms with Crippen molar-refractivity contribution in [2.24, 2.45) is 0 Å². The van der Waals surface area contributed by atoms with Crippen molar-refractivity contribution in [3.8, 4) is 0 Å². The van der Waals surface area contributed by atoms with E-state index in [1.54, 1.807) is 49.4 Å². The van der Waals surface area contributed by atoms with E-state index in [1.807, 2.05) is 6.07 Å². The predicted molar refractivity (Wildman–Crippen MR) is 99.0 cm³/mol. The molecule has 0 spiro atoms. The lowest BCUT2D eigenvalue weighted by Crippen LogP contribution is -2.47. The van der Waals surface area contributed by atoms with Crippen molar-refractivity contribution in [1.29, 1.82) is 0 Å². The minimum Gasteiger partial charge on any atom is -0.350 e. The molecule has 3 rings (SSSR count). The minimum absolute atomic E-state index is 0.171. The normalized spacial score (nSPS) is 16.5. The summed E-state index contributed by atoms with van der Waals surface area (Å²) in [5.74, 6) is -0.987. The van der Waals surface area contributed by atoms with Crippen LogP contribution in [0, 0.1) is 0 Å². The highest BCUT2D eigenvalue weighted by Crippen LogP contribution is 2.23. The van der Waals surface area contributed by atoms with E-state index in [2.05, 4.69) is 10.6 Å². The van der Waals surface area contributed by atoms with E-state index in [-0.39, 0.29) is 24.3 Å². The molecule has 0 aliphatic carbocycles. The summed E-state index contributed by atoms with van der Waals surface area (Å²) in [7, 11) is 0. The lowest BCUT2D eigenvalue weighted by atomic mass is 10.1. The molecule has 0 saturated carbocycles. The van der Waals surface area contributed by atoms with Crippen molar-refractivity contribution in [2.75, 3.05) is 11.4 Å². The van der Waals surface area contributed by atoms with Crippen LogP contribution in [-0.2, 0) is 16.1 Å². The van der Waals surface area contributed by atoms with Gasteiger partial charge < -0.3 is 15.5 Å². The second-order valence-electron chi connectivity index (χ2n) is 6.04. The van der Waals surface area contributed by atoms with E-state index in [0.717, 1.165) is 5.56 Å². The molecular weight excluding hydrogens is 354 g/mol. The number of nitrogens with one attached hydrogen (secondary N) is 2. The van der Waals surface area contributed by atoms with E-state index in [1.165, 1.54) is 4.90 Å². The van der Waals surface area contributed by atoms with Gasteiger partial charge >= 0.3 is 0 Å². The summed E-state index contributed by atoms with van der Waals surface area (Å²) in [6.45, 7) is 1.73. The van der Waals surface area contributed by atoms with Gasteiger partial charge in [0.1, 0.15) is 12.6 Å². The van der Waals surface area contributed by atoms with Crippen molar-refractivity contribution >= 4 is 35.0 Å². The summed E-state index contributed by atoms with van der Waals surface area (Å²) in [6.07, 6.45) is 0. The highest BCUT2D eigenvalue weighted by Gasteiger charge is 2.32. The molecule has 2 aromatic rings. The fourth-order valence-corrected chi connectivity index (χ4v) is 3.01. The molecule has 134 valence electrons. The second-order valence-corrected chi connectivity index (χ2v) is 6.48. The lowest BCUT2D eigenvalue weighted by molar-refractivity contribution is -0.124. The summed E-state index contributed by atoms with van der Waals surface area (Å²) in [4.78, 5) is 38.6. The van der Waals surface area contributed by atoms with Crippen LogP contribution in [0.25, 0.3) is 0 Å². The molecule has 1 aliphatic heterocycles. The van der Waals surface area contributed by atoms with Crippen molar-refractivity contribution in [3.05, 3.63) is 64.7 Å². The number of hydrogen-bond acceptors (Lipinski definition) is 3. The van der Waals surface area contributed by atoms with Gasteiger partial charge in [-0.2, -0.15) is 0 Å². The molecule has 0 radical (unpaired) electrons. The number of carbonyl (C=O) groups excluding carboxylic acids is 3. The van der Waals surface area contributed by atoms with Gasteiger partial charge in [-0.15, -0.1) is 0 Å². The predicted octanol–water partition coefficient (Wildman–Crippen LogP) is 2.12. The van der Waals surface area contributed by atoms with Gasteiger partial charge in [-0.25, -0.2) is 0 Å². The molecule has 3 amide bonds. The number of anilines is 1. The molecule has 1 atom stereocenters. The van der Waals surface area contributed by atoms with Crippen LogP contribution in [0.3, 0.4) is 0 Å². The molecular formula is C19H18ClN3O3. The molecule has 1 aliphatic rings. The number of hydrogen-bond donors (Lipinski definition) is 2. The van der Waals surface area contributed by atoms with Crippen molar-refractivity contribution < 1.29 is 14.4 Å². The van der Waals surface area contributed by atoms with Gasteiger partial charge in [0.05, 0.1) is 11.3 Å². The van der Waals surface area contributed by atoms with Crippen molar-refractivity contribution in [2.45, 2.75) is 19.5 Å². The van der Waals surface area contributed by atoms with Gasteiger partial charge in [-0.1, -0.05) is 35.9 Å². The Hall–Kier alpha value is -2.86. The summed E-state index contributed by atoms with van der Waals surface area (Å²) >= 11 is 5.93. The molecule has 0 saturated heterocycles. The quantitative estimate of drug-likeness (QED) is 0.864. The SMILES string of the molecule is CC1NC(=O)c2ccccc2N(CC(=O)NCc2cccc(Cl)c2)C1=O. The number of amides is 3. The maximum atomic E-state index is 12.6. The summed E-state index contributed by atoms with van der Waals surface area (Å²) in [6, 6.07) is 13.2. The van der Waals surface area contributed by atoms with Gasteiger partial charge in [0, 0.05) is 11.6 Å². The Morgan fingerprint density at radius 1 is 1.19 bits per heavy atom. The maximum absolute atomic E-state index is 12.6. The zero-order chi connectivity index (χ0) is 18.7. The van der Waals surface area contributed by atoms with E-state index >= 15 is 0 Å². The summed E-state index contributed by atoms with van der Waals surface area (Å²) in [5.41, 5.74) is 1.66. The first-order chi connectivity index (χ1) is 12.5. The molecule has 26 heavy (non-hydrogen) atoms. The first-order valence-corrected chi connectivity index (χ1v) is 8.56. The van der Waals surface area contributed by atoms with E-state index < -0.39 is 6.04 Å². The fourth-order valence-electron chi connectivity index (χ4n) is 2.80. The number of carbonyl (C=O) groups is 3. The minimum atomic E-state index is -0.712. The standard InChI is InChI=1S/C19H18ClN3O3/c1-12-19(26)23(16-8-3-2-7-15(16)18(25)22-12)11-17(24)21-10-13-5-4-6-14(20)9-13/h2-9,12H,10-11H2,1H3,(H,21,24)(H,22,25). The molecule has 1 unspecified atom stereocenters. The van der Waals surface area contributed by atoms with Crippen LogP contribution in [0.1, 0.15) is 22.8 Å². The number of fused-ring (bicyclic) bond motifs is 1. The average molecular weight is 372 g/mol. The van der Waals surface area contributed by atoms with Gasteiger partial charge in [0.2, 0.25) is 11.8 Å². The van der Waals surface area contributed by atoms with Gasteiger partial charge in [0.25, 0.3) is 5.91 Å². The second kappa shape index (κ2) is 7.58. The van der Waals surface area contributed by atoms with Crippen LogP contribution >= 0.6 is 11.6 Å². The Morgan fingerprint density at radius 3 is 2.73 bits per heavy atom. The molecule has 0 fully saturated rings. The third-order valence-corrected chi connectivity index (χ3v) is 4.34. The zero-order valence-corrected chi connectivity index (χ0v) is 14.9. The maximum Gasteiger partial charge on any atom is 0.254 e. The molecule has 2 aromatic carbocycles. The lowest BCUT2D eigenvalue weighted by Gasteiger charge is -2.23. The first-order valence-electron chi connectivity index (χ1n) is 8.18. The third kappa shape index (κ3) is 3.86. The molecule has 7 heteroatoms. The number of halogens is 1. The Balaban J connectivity index is 1.76. The molecule has 1 heterocycles. The van der Waals surface area contributed by atoms with Crippen LogP contribution in [-0.4, -0.2) is 30.3 Å². The monoisotopic (exact) mass is 371 g/mol. The van der Waals surface area contributed by atoms with E-state index in [9.17, 15) is 14.4 Å². The van der Waals surface area contributed by atoms with Crippen LogP contribution in [0.2, 0.25) is 5.02 Å². The third-order valence-electron chi connectivity index (χ3n) is 4.10. The van der Waals surface area contributed by atoms with Crippen LogP contribution in [0.15, 0.2) is 48.5 Å². The van der Waals surface area contributed by atoms with E-state index in [4.69, 9.17) is 11.6 Å².